The highest BCUT2D eigenvalue weighted by Gasteiger charge is 2.49. The molecule has 0 N–H and O–H groups in total. The number of ketones is 1. The molecule has 38 heavy (non-hydrogen) atoms. The molecule has 0 radical (unpaired) electrons. The molecule has 2 aromatic rings. The molecule has 2 heterocycles. The summed E-state index contributed by atoms with van der Waals surface area (Å²) in [6, 6.07) is 20.1. The maximum absolute atomic E-state index is 13.7. The number of para-hydroxylation sites is 2. The predicted octanol–water partition coefficient (Wildman–Crippen LogP) is 4.20. The van der Waals surface area contributed by atoms with Crippen molar-refractivity contribution in [3.63, 3.8) is 0 Å². The molecule has 3 aliphatic rings. The van der Waals surface area contributed by atoms with Gasteiger partial charge in [-0.05, 0) is 31.6 Å². The maximum atomic E-state index is 13.7. The minimum Gasteiger partial charge on any atom is -0.850 e. The number of hydrogen-bond donors (Lipinski definition) is 0. The van der Waals surface area contributed by atoms with Crippen LogP contribution in [-0.2, 0) is 15.6 Å². The van der Waals surface area contributed by atoms with E-state index in [0.717, 1.165) is 33.9 Å². The lowest BCUT2D eigenvalue weighted by Crippen LogP contribution is -2.37. The molecule has 0 bridgehead atoms. The highest BCUT2D eigenvalue weighted by atomic mass is 16.3. The summed E-state index contributed by atoms with van der Waals surface area (Å²) in [6.45, 7) is 8.34. The van der Waals surface area contributed by atoms with Gasteiger partial charge in [0.2, 0.25) is 5.69 Å². The van der Waals surface area contributed by atoms with E-state index in [1.54, 1.807) is 6.08 Å². The Kier molecular flexibility index (Phi) is 5.97. The molecule has 1 aliphatic carbocycles. The fourth-order valence-electron chi connectivity index (χ4n) is 6.29. The smallest absolute Gasteiger partial charge is 0.209 e. The van der Waals surface area contributed by atoms with Crippen molar-refractivity contribution in [1.82, 2.24) is 0 Å². The number of fused-ring (bicyclic) bond motifs is 2. The Morgan fingerprint density at radius 2 is 1.66 bits per heavy atom. The summed E-state index contributed by atoms with van der Waals surface area (Å²) < 4.78 is 1.97. The van der Waals surface area contributed by atoms with Crippen LogP contribution in [0.4, 0.5) is 11.4 Å². The molecule has 1 saturated carbocycles. The van der Waals surface area contributed by atoms with Crippen LogP contribution < -0.4 is 10.0 Å². The fourth-order valence-corrected chi connectivity index (χ4v) is 6.29. The van der Waals surface area contributed by atoms with Crippen molar-refractivity contribution in [2.75, 3.05) is 25.1 Å². The van der Waals surface area contributed by atoms with Crippen LogP contribution in [0.25, 0.3) is 0 Å². The number of hydrogen-bond acceptors (Lipinski definition) is 5. The lowest BCUT2D eigenvalue weighted by molar-refractivity contribution is -0.491. The van der Waals surface area contributed by atoms with Gasteiger partial charge in [0, 0.05) is 52.7 Å². The molecule has 190 valence electrons. The molecule has 2 aliphatic heterocycles. The summed E-state index contributed by atoms with van der Waals surface area (Å²) in [5, 5.41) is 31.4. The minimum atomic E-state index is -0.693. The van der Waals surface area contributed by atoms with Gasteiger partial charge in [-0.25, -0.2) is 0 Å². The molecule has 2 aromatic carbocycles. The van der Waals surface area contributed by atoms with Crippen LogP contribution in [-0.4, -0.2) is 36.3 Å². The number of carbonyl (C=O) groups excluding carboxylic acids is 1. The van der Waals surface area contributed by atoms with E-state index in [1.807, 2.05) is 66.2 Å². The molecule has 1 fully saturated rings. The quantitative estimate of drug-likeness (QED) is 0.355. The van der Waals surface area contributed by atoms with Gasteiger partial charge in [-0.2, -0.15) is 15.1 Å². The number of anilines is 1. The van der Waals surface area contributed by atoms with Crippen LogP contribution in [0.2, 0.25) is 0 Å². The SMILES string of the molecule is CN1/C(=C/C2C(=O)/C(=C/C3=[N+](CC[O-])c4ccccc4C3(C)C)C2=C(C#N)C#N)C(C)(C)c2ccccc21. The Hall–Kier alpha value is -4.26. The zero-order valence-corrected chi connectivity index (χ0v) is 22.4. The monoisotopic (exact) mass is 502 g/mol. The van der Waals surface area contributed by atoms with E-state index in [0.29, 0.717) is 11.1 Å². The van der Waals surface area contributed by atoms with Gasteiger partial charge in [-0.3, -0.25) is 4.79 Å². The summed E-state index contributed by atoms with van der Waals surface area (Å²) in [5.74, 6) is -0.820. The molecule has 1 unspecified atom stereocenters. The normalized spacial score (nSPS) is 22.7. The first-order chi connectivity index (χ1) is 18.1. The van der Waals surface area contributed by atoms with Crippen LogP contribution >= 0.6 is 0 Å². The van der Waals surface area contributed by atoms with Crippen LogP contribution in [0.3, 0.4) is 0 Å². The Morgan fingerprint density at radius 3 is 2.29 bits per heavy atom. The van der Waals surface area contributed by atoms with Gasteiger partial charge < -0.3 is 10.0 Å². The summed E-state index contributed by atoms with van der Waals surface area (Å²) in [5.41, 5.74) is 6.00. The third-order valence-electron chi connectivity index (χ3n) is 8.30. The topological polar surface area (TPSA) is 94.0 Å². The number of nitriles is 2. The molecule has 0 amide bonds. The summed E-state index contributed by atoms with van der Waals surface area (Å²) >= 11 is 0. The molecular formula is C32H30N4O2. The third-order valence-corrected chi connectivity index (χ3v) is 8.30. The number of nitrogens with zero attached hydrogens (tertiary/aromatic N) is 4. The van der Waals surface area contributed by atoms with Crippen molar-refractivity contribution in [3.05, 3.63) is 94.2 Å². The Balaban J connectivity index is 1.65. The van der Waals surface area contributed by atoms with Gasteiger partial charge in [0.05, 0.1) is 11.3 Å². The second kappa shape index (κ2) is 8.94. The molecule has 0 aromatic heterocycles. The molecule has 0 saturated heterocycles. The fraction of sp³-hybridized carbons (Fsp3) is 0.312. The van der Waals surface area contributed by atoms with Crippen molar-refractivity contribution >= 4 is 22.9 Å². The van der Waals surface area contributed by atoms with Gasteiger partial charge in [0.1, 0.15) is 24.3 Å². The summed E-state index contributed by atoms with van der Waals surface area (Å²) in [7, 11) is 1.98. The molecule has 6 heteroatoms. The van der Waals surface area contributed by atoms with Gasteiger partial charge >= 0.3 is 0 Å². The first kappa shape index (κ1) is 25.4. The zero-order chi connectivity index (χ0) is 27.4. The van der Waals surface area contributed by atoms with E-state index in [2.05, 4.69) is 44.7 Å². The van der Waals surface area contributed by atoms with Crippen LogP contribution in [0.15, 0.2) is 83.1 Å². The molecule has 1 atom stereocenters. The van der Waals surface area contributed by atoms with Crippen molar-refractivity contribution in [3.8, 4) is 12.1 Å². The second-order valence-corrected chi connectivity index (χ2v) is 11.0. The largest absolute Gasteiger partial charge is 0.850 e. The third kappa shape index (κ3) is 3.49. The van der Waals surface area contributed by atoms with E-state index < -0.39 is 11.3 Å². The average Bonchev–Trinajstić information content (AvgIpc) is 3.24. The van der Waals surface area contributed by atoms with Gasteiger partial charge in [-0.1, -0.05) is 56.9 Å². The Morgan fingerprint density at radius 1 is 1.03 bits per heavy atom. The summed E-state index contributed by atoms with van der Waals surface area (Å²) in [6.07, 6.45) is 3.72. The number of carbonyl (C=O) groups is 1. The van der Waals surface area contributed by atoms with E-state index in [4.69, 9.17) is 0 Å². The number of rotatable bonds is 4. The highest BCUT2D eigenvalue weighted by Crippen LogP contribution is 2.50. The van der Waals surface area contributed by atoms with Crippen LogP contribution in [0, 0.1) is 28.6 Å². The van der Waals surface area contributed by atoms with Gasteiger partial charge in [-0.15, -0.1) is 0 Å². The second-order valence-electron chi connectivity index (χ2n) is 11.0. The number of likely N-dealkylation sites (N-methyl/N-ethyl adjacent to an activating group) is 1. The highest BCUT2D eigenvalue weighted by molar-refractivity contribution is 6.19. The zero-order valence-electron chi connectivity index (χ0n) is 22.4. The van der Waals surface area contributed by atoms with Gasteiger partial charge in [0.15, 0.2) is 11.5 Å². The number of allylic oxidation sites excluding steroid dienone is 6. The van der Waals surface area contributed by atoms with E-state index in [-0.39, 0.29) is 29.9 Å². The van der Waals surface area contributed by atoms with Crippen molar-refractivity contribution in [2.24, 2.45) is 5.92 Å². The first-order valence-electron chi connectivity index (χ1n) is 12.8. The molecule has 5 rings (SSSR count). The lowest BCUT2D eigenvalue weighted by atomic mass is 9.68. The standard InChI is InChI=1S/C32H30N4O2/c1-31(2)23-10-6-8-12-25(23)35(5)27(31)16-21-29(20(18-33)19-34)22(30(21)38)17-28-32(3,4)24-11-7-9-13-26(24)36(28)14-15-37/h6-13,16-17,21H,14-15H2,1-5H3/b22-17+,27-16+. The average molecular weight is 503 g/mol. The van der Waals surface area contributed by atoms with Gasteiger partial charge in [0.25, 0.3) is 0 Å². The number of Topliss-reactive ketones (excluding diaryl/α,β-unsaturated/α-hetero) is 1. The lowest BCUT2D eigenvalue weighted by Gasteiger charge is -2.33. The minimum absolute atomic E-state index is 0.0574. The van der Waals surface area contributed by atoms with Crippen molar-refractivity contribution in [1.29, 1.82) is 10.5 Å². The van der Waals surface area contributed by atoms with E-state index >= 15 is 0 Å². The summed E-state index contributed by atoms with van der Waals surface area (Å²) in [4.78, 5) is 15.8. The van der Waals surface area contributed by atoms with Crippen molar-refractivity contribution in [2.45, 2.75) is 38.5 Å². The van der Waals surface area contributed by atoms with E-state index in [9.17, 15) is 20.4 Å². The Labute approximate surface area is 223 Å². The van der Waals surface area contributed by atoms with E-state index in [1.165, 1.54) is 0 Å². The molecule has 0 spiro atoms. The predicted molar refractivity (Wildman–Crippen MR) is 145 cm³/mol. The van der Waals surface area contributed by atoms with Crippen LogP contribution in [0.5, 0.6) is 0 Å². The Bertz CT molecular complexity index is 1570. The van der Waals surface area contributed by atoms with Crippen LogP contribution in [0.1, 0.15) is 38.8 Å². The first-order valence-corrected chi connectivity index (χ1v) is 12.8. The molecule has 6 nitrogen and oxygen atoms in total. The number of benzene rings is 2. The molecular weight excluding hydrogens is 472 g/mol. The van der Waals surface area contributed by atoms with Crippen molar-refractivity contribution < 1.29 is 14.5 Å². The maximum Gasteiger partial charge on any atom is 0.209 e.